The number of nitro benzene ring substituents is 1. The van der Waals surface area contributed by atoms with Gasteiger partial charge in [0, 0.05) is 17.7 Å². The zero-order chi connectivity index (χ0) is 23.7. The maximum Gasteiger partial charge on any atom is 0.296 e. The molecule has 1 fully saturated rings. The van der Waals surface area contributed by atoms with Gasteiger partial charge in [-0.2, -0.15) is 0 Å². The molecule has 10 nitrogen and oxygen atoms in total. The summed E-state index contributed by atoms with van der Waals surface area (Å²) in [4.78, 5) is 37.7. The van der Waals surface area contributed by atoms with Crippen LogP contribution >= 0.6 is 0 Å². The summed E-state index contributed by atoms with van der Waals surface area (Å²) >= 11 is 0. The van der Waals surface area contributed by atoms with E-state index in [4.69, 9.17) is 9.15 Å². The van der Waals surface area contributed by atoms with Crippen LogP contribution in [0.4, 0.5) is 5.69 Å². The highest BCUT2D eigenvalue weighted by Gasteiger charge is 2.46. The second-order valence-electron chi connectivity index (χ2n) is 7.25. The molecule has 2 heterocycles. The topological polar surface area (TPSA) is 143 Å². The van der Waals surface area contributed by atoms with Crippen molar-refractivity contribution in [2.75, 3.05) is 7.11 Å². The number of amides is 1. The van der Waals surface area contributed by atoms with E-state index in [0.717, 1.165) is 6.07 Å². The smallest absolute Gasteiger partial charge is 0.296 e. The Labute approximate surface area is 187 Å². The van der Waals surface area contributed by atoms with Crippen LogP contribution < -0.4 is 4.74 Å². The summed E-state index contributed by atoms with van der Waals surface area (Å²) in [5, 5.41) is 32.2. The molecule has 1 unspecified atom stereocenters. The quantitative estimate of drug-likeness (QED) is 0.191. The van der Waals surface area contributed by atoms with Crippen molar-refractivity contribution >= 4 is 23.1 Å². The molecular weight excluding hydrogens is 432 g/mol. The van der Waals surface area contributed by atoms with Gasteiger partial charge in [-0.3, -0.25) is 19.7 Å². The Kier molecular flexibility index (Phi) is 5.57. The molecule has 168 valence electrons. The minimum absolute atomic E-state index is 0.0101. The number of hydrogen-bond donors (Lipinski definition) is 2. The Morgan fingerprint density at radius 2 is 1.97 bits per heavy atom. The fraction of sp³-hybridized carbons (Fsp3) is 0.130. The lowest BCUT2D eigenvalue weighted by Gasteiger charge is -2.25. The standard InChI is InChI=1S/C23H18N2O8/c1-32-18-11-13(7-8-17(18)26)20-19(21(27)14-4-2-5-15(10-14)25(30)31)22(28)23(29)24(20)12-16-6-3-9-33-16/h2-11,20,26-27H,12H2,1H3/b21-19+. The van der Waals surface area contributed by atoms with Crippen LogP contribution in [-0.2, 0) is 16.1 Å². The number of aromatic hydroxyl groups is 1. The number of furan rings is 1. The van der Waals surface area contributed by atoms with Crippen LogP contribution in [0, 0.1) is 10.1 Å². The Morgan fingerprint density at radius 1 is 1.18 bits per heavy atom. The molecule has 1 saturated heterocycles. The Hall–Kier alpha value is -4.60. The van der Waals surface area contributed by atoms with E-state index in [2.05, 4.69) is 0 Å². The molecular formula is C23H18N2O8. The summed E-state index contributed by atoms with van der Waals surface area (Å²) in [5.41, 5.74) is -0.148. The lowest BCUT2D eigenvalue weighted by atomic mass is 9.95. The van der Waals surface area contributed by atoms with Gasteiger partial charge in [0.25, 0.3) is 17.4 Å². The number of phenols is 1. The number of non-ortho nitro benzene ring substituents is 1. The van der Waals surface area contributed by atoms with Crippen molar-refractivity contribution in [3.8, 4) is 11.5 Å². The predicted molar refractivity (Wildman–Crippen MR) is 114 cm³/mol. The van der Waals surface area contributed by atoms with Crippen molar-refractivity contribution in [1.82, 2.24) is 4.90 Å². The second-order valence-corrected chi connectivity index (χ2v) is 7.25. The van der Waals surface area contributed by atoms with Crippen LogP contribution in [-0.4, -0.2) is 38.8 Å². The zero-order valence-corrected chi connectivity index (χ0v) is 17.3. The van der Waals surface area contributed by atoms with Crippen LogP contribution in [0.2, 0.25) is 0 Å². The summed E-state index contributed by atoms with van der Waals surface area (Å²) in [6.45, 7) is -0.0723. The molecule has 0 radical (unpaired) electrons. The molecule has 0 spiro atoms. The van der Waals surface area contributed by atoms with Crippen LogP contribution in [0.15, 0.2) is 70.9 Å². The molecule has 0 bridgehead atoms. The van der Waals surface area contributed by atoms with Crippen molar-refractivity contribution in [2.45, 2.75) is 12.6 Å². The van der Waals surface area contributed by atoms with Gasteiger partial charge >= 0.3 is 0 Å². The SMILES string of the molecule is COc1cc(C2/C(=C(\O)c3cccc([N+](=O)[O-])c3)C(=O)C(=O)N2Cc2ccco2)ccc1O. The Morgan fingerprint density at radius 3 is 2.64 bits per heavy atom. The fourth-order valence-electron chi connectivity index (χ4n) is 3.75. The summed E-state index contributed by atoms with van der Waals surface area (Å²) in [7, 11) is 1.35. The van der Waals surface area contributed by atoms with Gasteiger partial charge in [0.15, 0.2) is 11.5 Å². The number of phenolic OH excluding ortho intramolecular Hbond substituents is 1. The number of rotatable bonds is 6. The molecule has 1 aliphatic heterocycles. The first-order valence-corrected chi connectivity index (χ1v) is 9.74. The lowest BCUT2D eigenvalue weighted by molar-refractivity contribution is -0.384. The van der Waals surface area contributed by atoms with Crippen LogP contribution in [0.1, 0.15) is 22.9 Å². The van der Waals surface area contributed by atoms with E-state index in [1.54, 1.807) is 12.1 Å². The van der Waals surface area contributed by atoms with Crippen molar-refractivity contribution in [3.05, 3.63) is 93.4 Å². The average Bonchev–Trinajstić information content (AvgIpc) is 3.41. The maximum absolute atomic E-state index is 13.0. The highest BCUT2D eigenvalue weighted by atomic mass is 16.6. The van der Waals surface area contributed by atoms with Gasteiger partial charge in [0.1, 0.15) is 11.5 Å². The number of benzene rings is 2. The highest BCUT2D eigenvalue weighted by molar-refractivity contribution is 6.46. The number of carbonyl (C=O) groups excluding carboxylic acids is 2. The largest absolute Gasteiger partial charge is 0.507 e. The van der Waals surface area contributed by atoms with Crippen molar-refractivity contribution in [2.24, 2.45) is 0 Å². The fourth-order valence-corrected chi connectivity index (χ4v) is 3.75. The third-order valence-corrected chi connectivity index (χ3v) is 5.30. The number of aliphatic hydroxyl groups excluding tert-OH is 1. The number of nitro groups is 1. The van der Waals surface area contributed by atoms with E-state index < -0.39 is 28.4 Å². The van der Waals surface area contributed by atoms with Crippen LogP contribution in [0.3, 0.4) is 0 Å². The number of ketones is 1. The van der Waals surface area contributed by atoms with Gasteiger partial charge in [-0.05, 0) is 29.8 Å². The van der Waals surface area contributed by atoms with Crippen LogP contribution in [0.5, 0.6) is 11.5 Å². The number of likely N-dealkylation sites (tertiary alicyclic amines) is 1. The number of aliphatic hydroxyl groups is 1. The molecule has 10 heteroatoms. The zero-order valence-electron chi connectivity index (χ0n) is 17.3. The molecule has 1 atom stereocenters. The molecule has 4 rings (SSSR count). The maximum atomic E-state index is 13.0. The van der Waals surface area contributed by atoms with Gasteiger partial charge < -0.3 is 24.3 Å². The van der Waals surface area contributed by atoms with E-state index in [1.807, 2.05) is 0 Å². The molecule has 33 heavy (non-hydrogen) atoms. The Balaban J connectivity index is 1.91. The molecule has 0 saturated carbocycles. The third kappa shape index (κ3) is 3.89. The van der Waals surface area contributed by atoms with E-state index in [-0.39, 0.29) is 34.9 Å². The van der Waals surface area contributed by atoms with Crippen molar-refractivity contribution in [3.63, 3.8) is 0 Å². The minimum Gasteiger partial charge on any atom is -0.507 e. The molecule has 0 aliphatic carbocycles. The number of hydrogen-bond acceptors (Lipinski definition) is 8. The average molecular weight is 450 g/mol. The summed E-state index contributed by atoms with van der Waals surface area (Å²) < 4.78 is 10.5. The lowest BCUT2D eigenvalue weighted by Crippen LogP contribution is -2.29. The number of Topliss-reactive ketones (excluding diaryl/α,β-unsaturated/α-hetero) is 1. The Bertz CT molecular complexity index is 1280. The minimum atomic E-state index is -1.07. The van der Waals surface area contributed by atoms with E-state index in [0.29, 0.717) is 11.3 Å². The predicted octanol–water partition coefficient (Wildman–Crippen LogP) is 3.52. The van der Waals surface area contributed by atoms with Gasteiger partial charge in [-0.25, -0.2) is 0 Å². The molecule has 3 aromatic rings. The van der Waals surface area contributed by atoms with Gasteiger partial charge in [0.05, 0.1) is 36.5 Å². The highest BCUT2D eigenvalue weighted by Crippen LogP contribution is 2.42. The van der Waals surface area contributed by atoms with Crippen LogP contribution in [0.25, 0.3) is 5.76 Å². The van der Waals surface area contributed by atoms with Gasteiger partial charge in [-0.15, -0.1) is 0 Å². The molecule has 1 amide bonds. The van der Waals surface area contributed by atoms with E-state index >= 15 is 0 Å². The van der Waals surface area contributed by atoms with Crippen molar-refractivity contribution < 1.29 is 33.9 Å². The summed E-state index contributed by atoms with van der Waals surface area (Å²) in [6.07, 6.45) is 1.42. The first kappa shape index (κ1) is 21.6. The third-order valence-electron chi connectivity index (χ3n) is 5.30. The monoisotopic (exact) mass is 450 g/mol. The number of ether oxygens (including phenoxy) is 1. The number of methoxy groups -OCH3 is 1. The second kappa shape index (κ2) is 8.50. The van der Waals surface area contributed by atoms with E-state index in [1.165, 1.54) is 54.7 Å². The molecule has 1 aliphatic rings. The normalized spacial score (nSPS) is 17.4. The number of carbonyl (C=O) groups is 2. The van der Waals surface area contributed by atoms with Gasteiger partial charge in [0.2, 0.25) is 0 Å². The first-order chi connectivity index (χ1) is 15.8. The molecule has 1 aromatic heterocycles. The molecule has 2 N–H and O–H groups in total. The van der Waals surface area contributed by atoms with Gasteiger partial charge in [-0.1, -0.05) is 18.2 Å². The van der Waals surface area contributed by atoms with Crippen molar-refractivity contribution in [1.29, 1.82) is 0 Å². The van der Waals surface area contributed by atoms with E-state index in [9.17, 15) is 29.9 Å². The summed E-state index contributed by atoms with van der Waals surface area (Å²) in [5.74, 6) is -2.04. The summed E-state index contributed by atoms with van der Waals surface area (Å²) in [6, 6.07) is 11.6. The number of nitrogens with zero attached hydrogens (tertiary/aromatic N) is 2. The first-order valence-electron chi connectivity index (χ1n) is 9.74. The molecule has 2 aromatic carbocycles.